The number of nitrogens with one attached hydrogen (secondary N) is 1. The number of hydrogen-bond donors (Lipinski definition) is 1. The topological polar surface area (TPSA) is 139 Å². The summed E-state index contributed by atoms with van der Waals surface area (Å²) in [5, 5.41) is 14.4. The summed E-state index contributed by atoms with van der Waals surface area (Å²) < 4.78 is 34.5. The van der Waals surface area contributed by atoms with Crippen molar-refractivity contribution in [3.8, 4) is 5.75 Å². The highest BCUT2D eigenvalue weighted by Gasteiger charge is 2.35. The molecule has 1 unspecified atom stereocenters. The lowest BCUT2D eigenvalue weighted by molar-refractivity contribution is -0.385. The average molecular weight is 617 g/mol. The summed E-state index contributed by atoms with van der Waals surface area (Å²) >= 11 is 6.24. The molecule has 0 aliphatic rings. The van der Waals surface area contributed by atoms with Crippen LogP contribution >= 0.6 is 11.6 Å². The molecule has 1 N–H and O–H groups in total. The molecule has 2 amide bonds. The number of sulfonamides is 1. The van der Waals surface area contributed by atoms with Crippen molar-refractivity contribution in [2.45, 2.75) is 44.7 Å². The van der Waals surface area contributed by atoms with Crippen molar-refractivity contribution in [3.63, 3.8) is 0 Å². The van der Waals surface area contributed by atoms with Crippen molar-refractivity contribution in [1.82, 2.24) is 10.2 Å². The number of ether oxygens (including phenoxy) is 1. The number of hydrogen-bond acceptors (Lipinski definition) is 7. The highest BCUT2D eigenvalue weighted by atomic mass is 35.5. The van der Waals surface area contributed by atoms with E-state index in [1.807, 2.05) is 31.2 Å². The van der Waals surface area contributed by atoms with Crippen LogP contribution in [-0.4, -0.2) is 56.8 Å². The van der Waals surface area contributed by atoms with Crippen LogP contribution in [0.2, 0.25) is 5.02 Å². The number of nitrogens with zero attached hydrogens (tertiary/aromatic N) is 3. The number of amides is 2. The molecule has 0 aromatic heterocycles. The number of nitro groups is 1. The lowest BCUT2D eigenvalue weighted by atomic mass is 10.1. The van der Waals surface area contributed by atoms with Gasteiger partial charge in [0, 0.05) is 30.2 Å². The molecule has 224 valence electrons. The first-order chi connectivity index (χ1) is 19.8. The van der Waals surface area contributed by atoms with E-state index in [4.69, 9.17) is 16.3 Å². The molecule has 1 atom stereocenters. The number of nitro benzene ring substituents is 1. The second-order valence-corrected chi connectivity index (χ2v) is 11.8. The number of likely N-dealkylation sites (N-methyl/N-ethyl adjacent to an activating group) is 1. The molecule has 0 aliphatic carbocycles. The Bertz CT molecular complexity index is 1600. The van der Waals surface area contributed by atoms with Gasteiger partial charge in [-0.1, -0.05) is 48.9 Å². The van der Waals surface area contributed by atoms with Gasteiger partial charge < -0.3 is 15.0 Å². The average Bonchev–Trinajstić information content (AvgIpc) is 2.96. The number of anilines is 1. The van der Waals surface area contributed by atoms with E-state index in [1.54, 1.807) is 6.92 Å². The summed E-state index contributed by atoms with van der Waals surface area (Å²) in [6.45, 7) is 4.39. The number of carbonyl (C=O) groups excluding carboxylic acids is 2. The van der Waals surface area contributed by atoms with Crippen molar-refractivity contribution in [2.75, 3.05) is 25.0 Å². The smallest absolute Gasteiger partial charge is 0.273 e. The van der Waals surface area contributed by atoms with Gasteiger partial charge in [0.2, 0.25) is 11.8 Å². The van der Waals surface area contributed by atoms with E-state index in [-0.39, 0.29) is 35.0 Å². The highest BCUT2D eigenvalue weighted by molar-refractivity contribution is 7.92. The van der Waals surface area contributed by atoms with Gasteiger partial charge in [-0.2, -0.15) is 0 Å². The number of halogens is 1. The molecule has 11 nitrogen and oxygen atoms in total. The Morgan fingerprint density at radius 2 is 1.76 bits per heavy atom. The number of aryl methyl sites for hydroxylation is 2. The minimum atomic E-state index is -4.60. The molecule has 0 radical (unpaired) electrons. The van der Waals surface area contributed by atoms with E-state index in [9.17, 15) is 28.1 Å². The molecule has 0 aliphatic heterocycles. The summed E-state index contributed by atoms with van der Waals surface area (Å²) in [4.78, 5) is 38.9. The van der Waals surface area contributed by atoms with Crippen LogP contribution in [0.15, 0.2) is 65.6 Å². The molecule has 0 heterocycles. The fourth-order valence-corrected chi connectivity index (χ4v) is 6.11. The van der Waals surface area contributed by atoms with Gasteiger partial charge in [0.1, 0.15) is 18.3 Å². The molecule has 0 bridgehead atoms. The summed E-state index contributed by atoms with van der Waals surface area (Å²) in [6, 6.07) is 14.2. The molecule has 3 rings (SSSR count). The molecule has 0 fully saturated rings. The van der Waals surface area contributed by atoms with Crippen molar-refractivity contribution < 1.29 is 27.7 Å². The highest BCUT2D eigenvalue weighted by Crippen LogP contribution is 2.36. The molecule has 13 heteroatoms. The Morgan fingerprint density at radius 3 is 2.36 bits per heavy atom. The quantitative estimate of drug-likeness (QED) is 0.231. The molecular formula is C29H33ClN4O7S. The van der Waals surface area contributed by atoms with Crippen LogP contribution in [0.1, 0.15) is 30.0 Å². The Morgan fingerprint density at radius 1 is 1.07 bits per heavy atom. The normalized spacial score (nSPS) is 11.9. The number of methoxy groups -OCH3 is 1. The number of carbonyl (C=O) groups is 2. The predicted octanol–water partition coefficient (Wildman–Crippen LogP) is 4.62. The fourth-order valence-electron chi connectivity index (χ4n) is 4.50. The maximum Gasteiger partial charge on any atom is 0.273 e. The van der Waals surface area contributed by atoms with Crippen LogP contribution < -0.4 is 14.4 Å². The van der Waals surface area contributed by atoms with E-state index in [2.05, 4.69) is 5.32 Å². The van der Waals surface area contributed by atoms with Gasteiger partial charge in [0.25, 0.3) is 15.7 Å². The fraction of sp³-hybridized carbons (Fsp3) is 0.310. The zero-order chi connectivity index (χ0) is 31.2. The molecule has 0 spiro atoms. The zero-order valence-corrected chi connectivity index (χ0v) is 25.5. The molecule has 0 saturated carbocycles. The van der Waals surface area contributed by atoms with Gasteiger partial charge in [-0.15, -0.1) is 0 Å². The van der Waals surface area contributed by atoms with Crippen molar-refractivity contribution >= 4 is 44.8 Å². The van der Waals surface area contributed by atoms with Crippen LogP contribution in [0.5, 0.6) is 5.75 Å². The van der Waals surface area contributed by atoms with Crippen LogP contribution in [0.25, 0.3) is 0 Å². The zero-order valence-electron chi connectivity index (χ0n) is 24.0. The minimum Gasteiger partial charge on any atom is -0.495 e. The molecule has 3 aromatic carbocycles. The third-order valence-electron chi connectivity index (χ3n) is 6.89. The third kappa shape index (κ3) is 7.00. The summed E-state index contributed by atoms with van der Waals surface area (Å²) in [5.41, 5.74) is 1.48. The first-order valence-corrected chi connectivity index (χ1v) is 14.8. The van der Waals surface area contributed by atoms with Crippen LogP contribution in [0.4, 0.5) is 11.4 Å². The maximum absolute atomic E-state index is 14.2. The Kier molecular flexibility index (Phi) is 10.5. The monoisotopic (exact) mass is 616 g/mol. The van der Waals surface area contributed by atoms with Gasteiger partial charge in [0.05, 0.1) is 22.6 Å². The Balaban J connectivity index is 2.20. The lowest BCUT2D eigenvalue weighted by Crippen LogP contribution is -2.51. The van der Waals surface area contributed by atoms with E-state index in [0.717, 1.165) is 21.5 Å². The van der Waals surface area contributed by atoms with E-state index >= 15 is 0 Å². The van der Waals surface area contributed by atoms with E-state index < -0.39 is 49.9 Å². The second kappa shape index (κ2) is 13.7. The van der Waals surface area contributed by atoms with E-state index in [1.165, 1.54) is 56.3 Å². The SMILES string of the molecule is CCC(C(=O)NC)N(Cc1ccccc1C)C(=O)CN(c1cc(Cl)ccc1OC)S(=O)(=O)c1ccc(C)c([N+](=O)[O-])c1. The van der Waals surface area contributed by atoms with Gasteiger partial charge in [-0.05, 0) is 55.7 Å². The van der Waals surface area contributed by atoms with Crippen molar-refractivity contribution in [2.24, 2.45) is 0 Å². The Hall–Kier alpha value is -4.16. The second-order valence-electron chi connectivity index (χ2n) is 9.52. The number of benzene rings is 3. The van der Waals surface area contributed by atoms with Crippen LogP contribution in [-0.2, 0) is 26.2 Å². The first-order valence-electron chi connectivity index (χ1n) is 13.0. The third-order valence-corrected chi connectivity index (χ3v) is 8.88. The molecule has 0 saturated heterocycles. The largest absolute Gasteiger partial charge is 0.495 e. The van der Waals surface area contributed by atoms with Gasteiger partial charge >= 0.3 is 0 Å². The lowest BCUT2D eigenvalue weighted by Gasteiger charge is -2.33. The van der Waals surface area contributed by atoms with Crippen LogP contribution in [0, 0.1) is 24.0 Å². The van der Waals surface area contributed by atoms with Gasteiger partial charge in [-0.3, -0.25) is 24.0 Å². The molecule has 3 aromatic rings. The summed E-state index contributed by atoms with van der Waals surface area (Å²) in [6.07, 6.45) is 0.259. The van der Waals surface area contributed by atoms with Crippen LogP contribution in [0.3, 0.4) is 0 Å². The Labute approximate surface area is 250 Å². The summed E-state index contributed by atoms with van der Waals surface area (Å²) in [5.74, 6) is -0.995. The molecule has 42 heavy (non-hydrogen) atoms. The van der Waals surface area contributed by atoms with Crippen molar-refractivity contribution in [3.05, 3.63) is 92.5 Å². The predicted molar refractivity (Wildman–Crippen MR) is 160 cm³/mol. The number of rotatable bonds is 12. The van der Waals surface area contributed by atoms with Crippen molar-refractivity contribution in [1.29, 1.82) is 0 Å². The molecular weight excluding hydrogens is 584 g/mol. The standard InChI is InChI=1S/C29H33ClN4O7S/c1-6-24(29(36)31-4)32(17-21-10-8-7-9-19(21)2)28(35)18-33(26-15-22(30)12-14-27(26)41-5)42(39,40)23-13-11-20(3)25(16-23)34(37)38/h7-16,24H,6,17-18H2,1-5H3,(H,31,36). The first kappa shape index (κ1) is 32.4. The van der Waals surface area contributed by atoms with E-state index in [0.29, 0.717) is 0 Å². The van der Waals surface area contributed by atoms with Gasteiger partial charge in [-0.25, -0.2) is 8.42 Å². The summed E-state index contributed by atoms with van der Waals surface area (Å²) in [7, 11) is -1.81. The minimum absolute atomic E-state index is 0.0357. The maximum atomic E-state index is 14.2. The van der Waals surface area contributed by atoms with Gasteiger partial charge in [0.15, 0.2) is 0 Å².